The Bertz CT molecular complexity index is 854. The molecule has 106 valence electrons. The van der Waals surface area contributed by atoms with Gasteiger partial charge in [-0.05, 0) is 30.3 Å². The number of rotatable bonds is 3. The summed E-state index contributed by atoms with van der Waals surface area (Å²) in [5.74, 6) is -0.325. The zero-order valence-corrected chi connectivity index (χ0v) is 12.0. The number of nitrogens with one attached hydrogen (secondary N) is 1. The third kappa shape index (κ3) is 2.97. The summed E-state index contributed by atoms with van der Waals surface area (Å²) in [6, 6.07) is 12.1. The van der Waals surface area contributed by atoms with Crippen LogP contribution in [0.5, 0.6) is 0 Å². The number of nitriles is 1. The van der Waals surface area contributed by atoms with Crippen LogP contribution in [-0.4, -0.2) is 21.1 Å². The molecule has 22 heavy (non-hydrogen) atoms. The van der Waals surface area contributed by atoms with Gasteiger partial charge >= 0.3 is 0 Å². The van der Waals surface area contributed by atoms with E-state index in [1.807, 2.05) is 18.2 Å². The van der Waals surface area contributed by atoms with Gasteiger partial charge in [0.05, 0.1) is 11.6 Å². The highest BCUT2D eigenvalue weighted by molar-refractivity contribution is 7.18. The molecule has 0 unspecified atom stereocenters. The average Bonchev–Trinajstić information content (AvgIpc) is 3.04. The van der Waals surface area contributed by atoms with E-state index in [2.05, 4.69) is 20.5 Å². The lowest BCUT2D eigenvalue weighted by atomic mass is 10.1. The summed E-state index contributed by atoms with van der Waals surface area (Å²) in [5, 5.41) is 20.6. The summed E-state index contributed by atoms with van der Waals surface area (Å²) >= 11 is 1.27. The minimum Gasteiger partial charge on any atom is -0.296 e. The predicted octanol–water partition coefficient (Wildman–Crippen LogP) is 2.72. The van der Waals surface area contributed by atoms with E-state index >= 15 is 0 Å². The first kappa shape index (κ1) is 13.9. The van der Waals surface area contributed by atoms with E-state index in [9.17, 15) is 4.79 Å². The van der Waals surface area contributed by atoms with Crippen LogP contribution in [0.3, 0.4) is 0 Å². The van der Waals surface area contributed by atoms with Crippen LogP contribution in [0.4, 0.5) is 5.13 Å². The van der Waals surface area contributed by atoms with E-state index in [-0.39, 0.29) is 5.91 Å². The molecule has 0 aliphatic heterocycles. The van der Waals surface area contributed by atoms with Gasteiger partial charge in [0.15, 0.2) is 0 Å². The van der Waals surface area contributed by atoms with E-state index in [1.54, 1.807) is 30.6 Å². The highest BCUT2D eigenvalue weighted by atomic mass is 32.1. The van der Waals surface area contributed by atoms with Crippen molar-refractivity contribution >= 4 is 22.4 Å². The fourth-order valence-corrected chi connectivity index (χ4v) is 2.53. The first-order valence-corrected chi connectivity index (χ1v) is 7.13. The van der Waals surface area contributed by atoms with Crippen LogP contribution in [0, 0.1) is 11.3 Å². The van der Waals surface area contributed by atoms with Crippen LogP contribution in [0.15, 0.2) is 48.8 Å². The molecule has 0 bridgehead atoms. The maximum Gasteiger partial charge on any atom is 0.257 e. The first-order chi connectivity index (χ1) is 10.8. The van der Waals surface area contributed by atoms with Crippen molar-refractivity contribution in [3.05, 3.63) is 59.9 Å². The number of pyridine rings is 1. The molecule has 0 spiro atoms. The number of nitrogens with zero attached hydrogens (tertiary/aromatic N) is 4. The summed E-state index contributed by atoms with van der Waals surface area (Å²) in [5.41, 5.74) is 1.72. The quantitative estimate of drug-likeness (QED) is 0.803. The molecule has 0 fully saturated rings. The zero-order valence-electron chi connectivity index (χ0n) is 11.2. The molecular formula is C15H9N5OS. The molecule has 1 aromatic carbocycles. The summed E-state index contributed by atoms with van der Waals surface area (Å²) < 4.78 is 0. The van der Waals surface area contributed by atoms with Gasteiger partial charge in [-0.2, -0.15) is 5.26 Å². The third-order valence-corrected chi connectivity index (χ3v) is 3.71. The Morgan fingerprint density at radius 3 is 2.77 bits per heavy atom. The smallest absolute Gasteiger partial charge is 0.257 e. The monoisotopic (exact) mass is 307 g/mol. The minimum absolute atomic E-state index is 0.325. The van der Waals surface area contributed by atoms with Crippen molar-refractivity contribution < 1.29 is 4.79 Å². The summed E-state index contributed by atoms with van der Waals surface area (Å²) in [4.78, 5) is 16.1. The van der Waals surface area contributed by atoms with Gasteiger partial charge in [0, 0.05) is 23.5 Å². The number of hydrogen-bond acceptors (Lipinski definition) is 6. The molecule has 1 N–H and O–H groups in total. The number of carbonyl (C=O) groups excluding carboxylic acids is 1. The van der Waals surface area contributed by atoms with Crippen molar-refractivity contribution in [2.75, 3.05) is 5.32 Å². The Balaban J connectivity index is 1.78. The van der Waals surface area contributed by atoms with Gasteiger partial charge in [0.25, 0.3) is 5.91 Å². The summed E-state index contributed by atoms with van der Waals surface area (Å²) in [7, 11) is 0. The highest BCUT2D eigenvalue weighted by Gasteiger charge is 2.11. The van der Waals surface area contributed by atoms with Crippen LogP contribution in [0.25, 0.3) is 10.6 Å². The third-order valence-electron chi connectivity index (χ3n) is 2.83. The number of benzene rings is 1. The van der Waals surface area contributed by atoms with E-state index in [4.69, 9.17) is 5.26 Å². The van der Waals surface area contributed by atoms with E-state index in [0.717, 1.165) is 5.56 Å². The lowest BCUT2D eigenvalue weighted by molar-refractivity contribution is 0.102. The minimum atomic E-state index is -0.325. The number of hydrogen-bond donors (Lipinski definition) is 1. The second-order valence-electron chi connectivity index (χ2n) is 4.29. The largest absolute Gasteiger partial charge is 0.296 e. The number of amides is 1. The molecule has 2 aromatic heterocycles. The predicted molar refractivity (Wildman–Crippen MR) is 82.3 cm³/mol. The van der Waals surface area contributed by atoms with E-state index in [1.165, 1.54) is 17.4 Å². The van der Waals surface area contributed by atoms with Crippen molar-refractivity contribution in [1.82, 2.24) is 15.2 Å². The molecule has 0 aliphatic rings. The Hall–Kier alpha value is -3.11. The number of carbonyl (C=O) groups is 1. The average molecular weight is 307 g/mol. The maximum atomic E-state index is 12.1. The summed E-state index contributed by atoms with van der Waals surface area (Å²) in [6.45, 7) is 0. The van der Waals surface area contributed by atoms with E-state index in [0.29, 0.717) is 21.3 Å². The standard InChI is InChI=1S/C15H9N5OS/c16-9-10-2-1-3-12(8-10)13(21)18-15-20-19-14(22-15)11-4-6-17-7-5-11/h1-8H,(H,18,20,21). The van der Waals surface area contributed by atoms with Crippen molar-refractivity contribution in [2.24, 2.45) is 0 Å². The van der Waals surface area contributed by atoms with Crippen molar-refractivity contribution in [2.45, 2.75) is 0 Å². The second kappa shape index (κ2) is 6.11. The summed E-state index contributed by atoms with van der Waals surface area (Å²) in [6.07, 6.45) is 3.34. The fraction of sp³-hybridized carbons (Fsp3) is 0. The molecule has 7 heteroatoms. The molecule has 0 aliphatic carbocycles. The normalized spacial score (nSPS) is 9.95. The van der Waals surface area contributed by atoms with Gasteiger partial charge in [0.1, 0.15) is 5.01 Å². The van der Waals surface area contributed by atoms with Gasteiger partial charge in [-0.3, -0.25) is 15.1 Å². The Morgan fingerprint density at radius 2 is 2.00 bits per heavy atom. The topological polar surface area (TPSA) is 91.6 Å². The molecule has 0 radical (unpaired) electrons. The van der Waals surface area contributed by atoms with Crippen LogP contribution in [0.2, 0.25) is 0 Å². The van der Waals surface area contributed by atoms with Gasteiger partial charge in [-0.15, -0.1) is 10.2 Å². The molecule has 0 saturated heterocycles. The Morgan fingerprint density at radius 1 is 1.18 bits per heavy atom. The van der Waals surface area contributed by atoms with Gasteiger partial charge in [-0.25, -0.2) is 0 Å². The maximum absolute atomic E-state index is 12.1. The van der Waals surface area contributed by atoms with Gasteiger partial charge in [-0.1, -0.05) is 17.4 Å². The molecule has 0 saturated carbocycles. The van der Waals surface area contributed by atoms with Crippen molar-refractivity contribution in [1.29, 1.82) is 5.26 Å². The molecule has 6 nitrogen and oxygen atoms in total. The SMILES string of the molecule is N#Cc1cccc(C(=O)Nc2nnc(-c3ccncc3)s2)c1. The van der Waals surface area contributed by atoms with Gasteiger partial charge < -0.3 is 0 Å². The molecule has 3 aromatic rings. The Labute approximate surface area is 130 Å². The fourth-order valence-electron chi connectivity index (χ4n) is 1.78. The lowest BCUT2D eigenvalue weighted by Gasteiger charge is -2.00. The van der Waals surface area contributed by atoms with Crippen molar-refractivity contribution in [3.63, 3.8) is 0 Å². The number of aromatic nitrogens is 3. The zero-order chi connectivity index (χ0) is 15.4. The number of anilines is 1. The van der Waals surface area contributed by atoms with Crippen LogP contribution in [0.1, 0.15) is 15.9 Å². The molecule has 0 atom stereocenters. The van der Waals surface area contributed by atoms with Crippen LogP contribution >= 0.6 is 11.3 Å². The van der Waals surface area contributed by atoms with E-state index < -0.39 is 0 Å². The first-order valence-electron chi connectivity index (χ1n) is 6.31. The van der Waals surface area contributed by atoms with Crippen LogP contribution < -0.4 is 5.32 Å². The Kier molecular flexibility index (Phi) is 3.85. The van der Waals surface area contributed by atoms with Gasteiger partial charge in [0.2, 0.25) is 5.13 Å². The second-order valence-corrected chi connectivity index (χ2v) is 5.27. The van der Waals surface area contributed by atoms with Crippen LogP contribution in [-0.2, 0) is 0 Å². The van der Waals surface area contributed by atoms with Crippen molar-refractivity contribution in [3.8, 4) is 16.6 Å². The lowest BCUT2D eigenvalue weighted by Crippen LogP contribution is -2.11. The highest BCUT2D eigenvalue weighted by Crippen LogP contribution is 2.25. The molecule has 3 rings (SSSR count). The molecule has 2 heterocycles. The molecular weight excluding hydrogens is 298 g/mol. The molecule has 1 amide bonds.